The number of aliphatic carboxylic acids is 1. The molecule has 24 heteroatoms. The zero-order valence-electron chi connectivity index (χ0n) is 39.6. The van der Waals surface area contributed by atoms with Crippen molar-refractivity contribution in [3.8, 4) is 11.5 Å². The molecular formula is C50H57N11O13. The summed E-state index contributed by atoms with van der Waals surface area (Å²) in [6, 6.07) is 17.6. The van der Waals surface area contributed by atoms with Gasteiger partial charge < -0.3 is 73.1 Å². The van der Waals surface area contributed by atoms with Crippen LogP contribution in [0.2, 0.25) is 0 Å². The fraction of sp³-hybridized carbons (Fsp3) is 0.280. The van der Waals surface area contributed by atoms with Gasteiger partial charge in [-0.25, -0.2) is 10.2 Å². The number of carbonyl (C=O) groups excluding carboxylic acids is 7. The zero-order valence-corrected chi connectivity index (χ0v) is 39.6. The number of aromatic hydroxyl groups is 2. The Morgan fingerprint density at radius 3 is 1.45 bits per heavy atom. The number of aromatic amines is 2. The minimum atomic E-state index is -1.62. The lowest BCUT2D eigenvalue weighted by atomic mass is 10.0. The lowest BCUT2D eigenvalue weighted by Gasteiger charge is -2.23. The monoisotopic (exact) mass is 1020 g/mol. The molecule has 0 aliphatic carbocycles. The van der Waals surface area contributed by atoms with Crippen LogP contribution in [0.15, 0.2) is 109 Å². The highest BCUT2D eigenvalue weighted by molar-refractivity contribution is 5.95. The summed E-state index contributed by atoms with van der Waals surface area (Å²) in [6.07, 6.45) is 2.99. The number of nitrogens with two attached hydrogens (primary N) is 1. The number of hydrogen-bond donors (Lipinski definition) is 16. The van der Waals surface area contributed by atoms with Gasteiger partial charge in [-0.15, -0.1) is 0 Å². The average Bonchev–Trinajstić information content (AvgIpc) is 4.01. The fourth-order valence-electron chi connectivity index (χ4n) is 7.76. The van der Waals surface area contributed by atoms with E-state index in [4.69, 9.17) is 5.73 Å². The number of hydrazine groups is 1. The van der Waals surface area contributed by atoms with Gasteiger partial charge in [0.1, 0.15) is 41.7 Å². The molecule has 6 rings (SSSR count). The van der Waals surface area contributed by atoms with Gasteiger partial charge >= 0.3 is 5.97 Å². The van der Waals surface area contributed by atoms with Crippen LogP contribution in [0.5, 0.6) is 11.5 Å². The van der Waals surface area contributed by atoms with Crippen molar-refractivity contribution in [2.24, 2.45) is 5.73 Å². The maximum atomic E-state index is 14.1. The highest BCUT2D eigenvalue weighted by Crippen LogP contribution is 2.21. The van der Waals surface area contributed by atoms with Crippen molar-refractivity contribution in [2.45, 2.75) is 61.9 Å². The molecule has 2 aromatic heterocycles. The van der Waals surface area contributed by atoms with Crippen molar-refractivity contribution in [3.05, 3.63) is 132 Å². The molecule has 0 saturated heterocycles. The summed E-state index contributed by atoms with van der Waals surface area (Å²) in [5.41, 5.74) is 15.0. The van der Waals surface area contributed by atoms with Gasteiger partial charge in [0.15, 0.2) is 0 Å². The van der Waals surface area contributed by atoms with Crippen molar-refractivity contribution >= 4 is 69.1 Å². The summed E-state index contributed by atoms with van der Waals surface area (Å²) in [5, 5.41) is 64.5. The lowest BCUT2D eigenvalue weighted by molar-refractivity contribution is -0.142. The third kappa shape index (κ3) is 15.3. The van der Waals surface area contributed by atoms with E-state index in [0.717, 1.165) is 21.8 Å². The van der Waals surface area contributed by atoms with Gasteiger partial charge in [0.05, 0.1) is 32.3 Å². The molecule has 4 aromatic carbocycles. The third-order valence-corrected chi connectivity index (χ3v) is 11.8. The Balaban J connectivity index is 1.10. The molecule has 6 atom stereocenters. The number of benzene rings is 4. The molecule has 17 N–H and O–H groups in total. The highest BCUT2D eigenvalue weighted by atomic mass is 16.4. The molecule has 6 aromatic rings. The molecule has 2 heterocycles. The molecule has 24 nitrogen and oxygen atoms in total. The van der Waals surface area contributed by atoms with E-state index in [1.807, 2.05) is 12.1 Å². The van der Waals surface area contributed by atoms with E-state index in [0.29, 0.717) is 22.3 Å². The number of aromatic nitrogens is 2. The first kappa shape index (κ1) is 54.5. The molecule has 0 aliphatic heterocycles. The van der Waals surface area contributed by atoms with Crippen molar-refractivity contribution in [1.29, 1.82) is 0 Å². The van der Waals surface area contributed by atoms with Crippen molar-refractivity contribution in [2.75, 3.05) is 26.3 Å². The minimum Gasteiger partial charge on any atom is -0.508 e. The van der Waals surface area contributed by atoms with Gasteiger partial charge in [-0.3, -0.25) is 39.0 Å². The average molecular weight is 1020 g/mol. The Hall–Kier alpha value is -8.84. The number of aliphatic hydroxyl groups excluding tert-OH is 2. The molecule has 0 aliphatic rings. The predicted molar refractivity (Wildman–Crippen MR) is 266 cm³/mol. The van der Waals surface area contributed by atoms with Crippen LogP contribution in [0.25, 0.3) is 21.8 Å². The van der Waals surface area contributed by atoms with Crippen LogP contribution in [-0.4, -0.2) is 145 Å². The second-order valence-electron chi connectivity index (χ2n) is 17.2. The molecule has 390 valence electrons. The maximum Gasteiger partial charge on any atom is 0.326 e. The molecule has 7 amide bonds. The predicted octanol–water partition coefficient (Wildman–Crippen LogP) is -2.11. The number of carboxylic acids is 1. The van der Waals surface area contributed by atoms with E-state index in [2.05, 4.69) is 52.7 Å². The lowest BCUT2D eigenvalue weighted by Crippen LogP contribution is -2.59. The molecule has 0 bridgehead atoms. The summed E-state index contributed by atoms with van der Waals surface area (Å²) in [7, 11) is 0. The number of rotatable bonds is 26. The molecule has 0 fully saturated rings. The number of aliphatic hydroxyl groups is 2. The highest BCUT2D eigenvalue weighted by Gasteiger charge is 2.30. The number of carboxylic acid groups (broad SMARTS) is 1. The van der Waals surface area contributed by atoms with Crippen LogP contribution < -0.4 is 48.5 Å². The number of hydrogen-bond acceptors (Lipinski definition) is 14. The zero-order chi connectivity index (χ0) is 53.3. The molecule has 0 saturated carbocycles. The number of nitrogens with one attached hydrogen (secondary N) is 10. The Morgan fingerprint density at radius 1 is 0.486 bits per heavy atom. The first-order chi connectivity index (χ1) is 35.5. The fourth-order valence-corrected chi connectivity index (χ4v) is 7.76. The van der Waals surface area contributed by atoms with Gasteiger partial charge in [0.2, 0.25) is 35.4 Å². The Morgan fingerprint density at radius 2 is 0.932 bits per heavy atom. The number of para-hydroxylation sites is 2. The summed E-state index contributed by atoms with van der Waals surface area (Å²) in [6.45, 7) is -3.23. The number of phenols is 2. The minimum absolute atomic E-state index is 0.0184. The largest absolute Gasteiger partial charge is 0.508 e. The first-order valence-corrected chi connectivity index (χ1v) is 23.2. The topological polar surface area (TPSA) is 392 Å². The second-order valence-corrected chi connectivity index (χ2v) is 17.2. The summed E-state index contributed by atoms with van der Waals surface area (Å²) >= 11 is 0. The van der Waals surface area contributed by atoms with Gasteiger partial charge in [-0.05, 0) is 65.1 Å². The normalized spacial score (nSPS) is 13.6. The Kier molecular flexibility index (Phi) is 19.2. The number of fused-ring (bicyclic) bond motifs is 2. The standard InChI is InChI=1S/C50H57N11O13/c51-35(17-27-9-13-31(64)14-10-27)45(68)59-41(25-62)47(70)55-23-43(66)56-38(19-29-21-52-36-7-3-1-5-33(29)36)49(72)61-60-39(20-30-22-53-37-8-4-2-6-34(30)37)46(69)54-24-44(67)57-42(26-63)48(71)58-40(50(73)74)18-28-11-15-32(65)16-12-28/h1-16,21-22,35,38-42,52-53,60,62-65H,17-20,23-26,51H2,(H,54,69)(H,55,70)(H,56,66)(H,57,67)(H,58,71)(H,59,68)(H,61,72)(H,73,74)/t35-,38-,39-,40-,41+,42+/m0/s1. The van der Waals surface area contributed by atoms with Crippen molar-refractivity contribution in [3.63, 3.8) is 0 Å². The van der Waals surface area contributed by atoms with Crippen LogP contribution in [0.4, 0.5) is 0 Å². The van der Waals surface area contributed by atoms with Crippen molar-refractivity contribution in [1.82, 2.24) is 52.7 Å². The number of H-pyrrole nitrogens is 2. The van der Waals surface area contributed by atoms with E-state index in [-0.39, 0.29) is 37.2 Å². The first-order valence-electron chi connectivity index (χ1n) is 23.2. The summed E-state index contributed by atoms with van der Waals surface area (Å²) in [5.74, 6) is -7.62. The van der Waals surface area contributed by atoms with E-state index in [1.165, 1.54) is 36.4 Å². The molecule has 0 unspecified atom stereocenters. The molecular weight excluding hydrogens is 963 g/mol. The number of carbonyl (C=O) groups is 8. The van der Waals surface area contributed by atoms with Gasteiger partial charge in [-0.1, -0.05) is 60.7 Å². The van der Waals surface area contributed by atoms with Gasteiger partial charge in [0, 0.05) is 53.5 Å². The molecule has 0 radical (unpaired) electrons. The number of amides is 7. The second kappa shape index (κ2) is 26.0. The summed E-state index contributed by atoms with van der Waals surface area (Å²) < 4.78 is 0. The summed E-state index contributed by atoms with van der Waals surface area (Å²) in [4.78, 5) is 112. The van der Waals surface area contributed by atoms with Crippen LogP contribution >= 0.6 is 0 Å². The van der Waals surface area contributed by atoms with Crippen LogP contribution in [0.1, 0.15) is 22.3 Å². The van der Waals surface area contributed by atoms with E-state index < -0.39 is 110 Å². The quantitative estimate of drug-likeness (QED) is 0.0259. The Bertz CT molecular complexity index is 2940. The number of phenolic OH excluding ortho intramolecular Hbond substituents is 2. The van der Waals surface area contributed by atoms with Gasteiger partial charge in [-0.2, -0.15) is 0 Å². The van der Waals surface area contributed by atoms with Gasteiger partial charge in [0.25, 0.3) is 5.91 Å². The van der Waals surface area contributed by atoms with Crippen LogP contribution in [0.3, 0.4) is 0 Å². The van der Waals surface area contributed by atoms with E-state index >= 15 is 0 Å². The third-order valence-electron chi connectivity index (χ3n) is 11.8. The molecule has 74 heavy (non-hydrogen) atoms. The van der Waals surface area contributed by atoms with E-state index in [1.54, 1.807) is 60.9 Å². The van der Waals surface area contributed by atoms with Crippen LogP contribution in [0, 0.1) is 0 Å². The molecule has 0 spiro atoms. The Labute approximate surface area is 421 Å². The smallest absolute Gasteiger partial charge is 0.326 e. The SMILES string of the molecule is N[C@@H](Cc1ccc(O)cc1)C(=O)N[C@H](CO)C(=O)NCC(=O)N[C@@H](Cc1c[nH]c2ccccc12)C(=O)NN[C@@H](Cc1c[nH]c2ccccc12)C(=O)NCC(=O)N[C@H](CO)C(=O)N[C@@H](Cc1ccc(O)cc1)C(=O)O. The van der Waals surface area contributed by atoms with Crippen molar-refractivity contribution < 1.29 is 63.9 Å². The maximum absolute atomic E-state index is 14.1. The van der Waals surface area contributed by atoms with E-state index in [9.17, 15) is 63.9 Å². The van der Waals surface area contributed by atoms with Crippen LogP contribution in [-0.2, 0) is 64.0 Å².